The highest BCUT2D eigenvalue weighted by molar-refractivity contribution is 9.10. The van der Waals surface area contributed by atoms with Crippen LogP contribution in [0.3, 0.4) is 0 Å². The molecular weight excluding hydrogens is 182 g/mol. The van der Waals surface area contributed by atoms with Crippen molar-refractivity contribution in [3.8, 4) is 0 Å². The zero-order valence-corrected chi connectivity index (χ0v) is 6.55. The zero-order chi connectivity index (χ0) is 6.85. The van der Waals surface area contributed by atoms with E-state index in [-0.39, 0.29) is 0 Å². The van der Waals surface area contributed by atoms with Crippen molar-refractivity contribution in [1.82, 2.24) is 0 Å². The zero-order valence-electron chi connectivity index (χ0n) is 4.97. The van der Waals surface area contributed by atoms with Gasteiger partial charge in [-0.05, 0) is 28.9 Å². The SMILES string of the molecule is Cc1cc(Br)c[n+]([O-])c1. The van der Waals surface area contributed by atoms with E-state index in [4.69, 9.17) is 0 Å². The average molecular weight is 188 g/mol. The van der Waals surface area contributed by atoms with E-state index in [0.29, 0.717) is 0 Å². The first-order valence-corrected chi connectivity index (χ1v) is 3.34. The standard InChI is InChI=1S/C6H6BrNO/c1-5-2-6(7)4-8(9)3-5/h2-4H,1H3. The Balaban J connectivity index is 3.17. The molecule has 0 aliphatic rings. The highest BCUT2D eigenvalue weighted by Crippen LogP contribution is 2.06. The van der Waals surface area contributed by atoms with Crippen molar-refractivity contribution in [2.24, 2.45) is 0 Å². The van der Waals surface area contributed by atoms with Crippen molar-refractivity contribution in [2.75, 3.05) is 0 Å². The van der Waals surface area contributed by atoms with Crippen molar-refractivity contribution in [3.63, 3.8) is 0 Å². The second-order valence-electron chi connectivity index (χ2n) is 1.89. The van der Waals surface area contributed by atoms with Gasteiger partial charge in [0.1, 0.15) is 0 Å². The summed E-state index contributed by atoms with van der Waals surface area (Å²) >= 11 is 3.19. The number of rotatable bonds is 0. The van der Waals surface area contributed by atoms with Crippen LogP contribution < -0.4 is 4.73 Å². The summed E-state index contributed by atoms with van der Waals surface area (Å²) in [5.41, 5.74) is 0.958. The molecule has 0 fully saturated rings. The minimum atomic E-state index is 0.777. The Bertz CT molecular complexity index is 174. The first-order chi connectivity index (χ1) is 4.18. The van der Waals surface area contributed by atoms with Gasteiger partial charge in [-0.3, -0.25) is 0 Å². The van der Waals surface area contributed by atoms with Crippen molar-refractivity contribution in [3.05, 3.63) is 33.7 Å². The summed E-state index contributed by atoms with van der Waals surface area (Å²) in [7, 11) is 0. The lowest BCUT2D eigenvalue weighted by molar-refractivity contribution is -0.606. The van der Waals surface area contributed by atoms with Crippen LogP contribution in [0.25, 0.3) is 0 Å². The van der Waals surface area contributed by atoms with Gasteiger partial charge in [-0.25, -0.2) is 0 Å². The fourth-order valence-corrected chi connectivity index (χ4v) is 1.21. The van der Waals surface area contributed by atoms with E-state index >= 15 is 0 Å². The Kier molecular flexibility index (Phi) is 1.71. The molecule has 48 valence electrons. The third-order valence-corrected chi connectivity index (χ3v) is 1.38. The monoisotopic (exact) mass is 187 g/mol. The summed E-state index contributed by atoms with van der Waals surface area (Å²) in [6, 6.07) is 1.88. The molecule has 2 nitrogen and oxygen atoms in total. The lowest BCUT2D eigenvalue weighted by Crippen LogP contribution is -2.24. The molecular formula is C6H6BrNO. The maximum absolute atomic E-state index is 10.6. The summed E-state index contributed by atoms with van der Waals surface area (Å²) in [6.07, 6.45) is 2.98. The molecule has 0 aliphatic carbocycles. The Morgan fingerprint density at radius 2 is 2.22 bits per heavy atom. The predicted molar refractivity (Wildman–Crippen MR) is 37.8 cm³/mol. The van der Waals surface area contributed by atoms with E-state index < -0.39 is 0 Å². The molecule has 0 unspecified atom stereocenters. The van der Waals surface area contributed by atoms with Crippen LogP contribution in [0, 0.1) is 12.1 Å². The number of hydrogen-bond acceptors (Lipinski definition) is 1. The fraction of sp³-hybridized carbons (Fsp3) is 0.167. The lowest BCUT2D eigenvalue weighted by atomic mass is 10.3. The minimum absolute atomic E-state index is 0.777. The summed E-state index contributed by atoms with van der Waals surface area (Å²) in [4.78, 5) is 0. The number of hydrogen-bond donors (Lipinski definition) is 0. The molecule has 1 aromatic rings. The van der Waals surface area contributed by atoms with Gasteiger partial charge in [0.2, 0.25) is 0 Å². The maximum atomic E-state index is 10.6. The quantitative estimate of drug-likeness (QED) is 0.446. The smallest absolute Gasteiger partial charge is 0.194 e. The van der Waals surface area contributed by atoms with Crippen molar-refractivity contribution in [1.29, 1.82) is 0 Å². The molecule has 0 N–H and O–H groups in total. The molecule has 0 spiro atoms. The summed E-state index contributed by atoms with van der Waals surface area (Å²) in [5.74, 6) is 0. The Hall–Kier alpha value is -0.570. The number of aryl methyl sites for hydroxylation is 1. The number of halogens is 1. The summed E-state index contributed by atoms with van der Waals surface area (Å²) in [6.45, 7) is 1.87. The molecule has 0 saturated heterocycles. The molecule has 0 saturated carbocycles. The van der Waals surface area contributed by atoms with Gasteiger partial charge in [-0.15, -0.1) is 0 Å². The summed E-state index contributed by atoms with van der Waals surface area (Å²) in [5, 5.41) is 10.6. The van der Waals surface area contributed by atoms with E-state index in [2.05, 4.69) is 15.9 Å². The van der Waals surface area contributed by atoms with E-state index in [1.54, 1.807) is 0 Å². The van der Waals surface area contributed by atoms with E-state index in [1.165, 1.54) is 12.4 Å². The van der Waals surface area contributed by atoms with Crippen LogP contribution >= 0.6 is 15.9 Å². The highest BCUT2D eigenvalue weighted by atomic mass is 79.9. The van der Waals surface area contributed by atoms with Crippen LogP contribution in [0.4, 0.5) is 0 Å². The largest absolute Gasteiger partial charge is 0.619 e. The van der Waals surface area contributed by atoms with Crippen LogP contribution in [0.1, 0.15) is 5.56 Å². The highest BCUT2D eigenvalue weighted by Gasteiger charge is 1.93. The number of nitrogens with zero attached hydrogens (tertiary/aromatic N) is 1. The van der Waals surface area contributed by atoms with Crippen LogP contribution in [-0.4, -0.2) is 0 Å². The van der Waals surface area contributed by atoms with Gasteiger partial charge in [-0.1, -0.05) is 0 Å². The van der Waals surface area contributed by atoms with Gasteiger partial charge in [0.05, 0.1) is 4.47 Å². The molecule has 1 rings (SSSR count). The first kappa shape index (κ1) is 6.55. The molecule has 0 bridgehead atoms. The van der Waals surface area contributed by atoms with Gasteiger partial charge in [0.25, 0.3) is 0 Å². The van der Waals surface area contributed by atoms with Gasteiger partial charge in [-0.2, -0.15) is 4.73 Å². The normalized spacial score (nSPS) is 9.56. The van der Waals surface area contributed by atoms with Gasteiger partial charge in [0, 0.05) is 5.56 Å². The van der Waals surface area contributed by atoms with Crippen molar-refractivity contribution < 1.29 is 4.73 Å². The first-order valence-electron chi connectivity index (χ1n) is 2.54. The second-order valence-corrected chi connectivity index (χ2v) is 2.81. The van der Waals surface area contributed by atoms with Gasteiger partial charge >= 0.3 is 0 Å². The predicted octanol–water partition coefficient (Wildman–Crippen LogP) is 1.39. The number of aromatic nitrogens is 1. The van der Waals surface area contributed by atoms with Crippen LogP contribution in [0.15, 0.2) is 22.9 Å². The molecule has 3 heteroatoms. The Morgan fingerprint density at radius 3 is 2.67 bits per heavy atom. The van der Waals surface area contributed by atoms with Crippen LogP contribution in [-0.2, 0) is 0 Å². The van der Waals surface area contributed by atoms with E-state index in [1.807, 2.05) is 13.0 Å². The minimum Gasteiger partial charge on any atom is -0.619 e. The van der Waals surface area contributed by atoms with Crippen LogP contribution in [0.5, 0.6) is 0 Å². The summed E-state index contributed by atoms with van der Waals surface area (Å²) < 4.78 is 1.59. The molecule has 0 atom stereocenters. The fourth-order valence-electron chi connectivity index (χ4n) is 0.652. The molecule has 0 amide bonds. The van der Waals surface area contributed by atoms with E-state index in [9.17, 15) is 5.21 Å². The molecule has 9 heavy (non-hydrogen) atoms. The number of pyridine rings is 1. The Morgan fingerprint density at radius 1 is 1.56 bits per heavy atom. The lowest BCUT2D eigenvalue weighted by Gasteiger charge is -1.95. The molecule has 1 aromatic heterocycles. The maximum Gasteiger partial charge on any atom is 0.194 e. The molecule has 1 heterocycles. The van der Waals surface area contributed by atoms with E-state index in [0.717, 1.165) is 14.8 Å². The second kappa shape index (κ2) is 2.35. The van der Waals surface area contributed by atoms with Crippen molar-refractivity contribution >= 4 is 15.9 Å². The third-order valence-electron chi connectivity index (χ3n) is 0.947. The topological polar surface area (TPSA) is 26.9 Å². The van der Waals surface area contributed by atoms with Gasteiger partial charge in [0.15, 0.2) is 12.4 Å². The molecule has 0 aliphatic heterocycles. The third kappa shape index (κ3) is 1.68. The van der Waals surface area contributed by atoms with Crippen molar-refractivity contribution in [2.45, 2.75) is 6.92 Å². The van der Waals surface area contributed by atoms with Crippen LogP contribution in [0.2, 0.25) is 0 Å². The molecule has 0 radical (unpaired) electrons. The molecule has 0 aromatic carbocycles. The average Bonchev–Trinajstić information content (AvgIpc) is 1.59. The Labute approximate surface area is 61.8 Å². The van der Waals surface area contributed by atoms with Gasteiger partial charge < -0.3 is 5.21 Å².